The first-order valence-electron chi connectivity index (χ1n) is 7.34. The zero-order valence-corrected chi connectivity index (χ0v) is 13.3. The van der Waals surface area contributed by atoms with Crippen LogP contribution in [0.4, 0.5) is 10.5 Å². The van der Waals surface area contributed by atoms with Crippen molar-refractivity contribution in [3.63, 3.8) is 0 Å². The van der Waals surface area contributed by atoms with Gasteiger partial charge in [-0.05, 0) is 12.1 Å². The van der Waals surface area contributed by atoms with Crippen LogP contribution < -0.4 is 14.8 Å². The molecule has 2 heterocycles. The van der Waals surface area contributed by atoms with Crippen molar-refractivity contribution in [1.82, 2.24) is 9.80 Å². The van der Waals surface area contributed by atoms with E-state index < -0.39 is 37.0 Å². The van der Waals surface area contributed by atoms with Gasteiger partial charge in [0.25, 0.3) is 11.8 Å². The number of benzene rings is 1. The van der Waals surface area contributed by atoms with E-state index in [1.54, 1.807) is 18.2 Å². The fourth-order valence-electron chi connectivity index (χ4n) is 2.32. The third-order valence-corrected chi connectivity index (χ3v) is 3.54. The van der Waals surface area contributed by atoms with Gasteiger partial charge < -0.3 is 24.4 Å². The van der Waals surface area contributed by atoms with Crippen LogP contribution in [0.2, 0.25) is 0 Å². The van der Waals surface area contributed by atoms with Crippen molar-refractivity contribution in [2.75, 3.05) is 38.9 Å². The monoisotopic (exact) mass is 349 g/mol. The van der Waals surface area contributed by atoms with Gasteiger partial charge in [-0.25, -0.2) is 4.79 Å². The molecule has 132 valence electrons. The zero-order chi connectivity index (χ0) is 18.0. The van der Waals surface area contributed by atoms with Crippen molar-refractivity contribution >= 4 is 29.5 Å². The Hall–Kier alpha value is -3.30. The molecule has 2 aliphatic heterocycles. The second-order valence-electron chi connectivity index (χ2n) is 5.40. The fraction of sp³-hybridized carbons (Fsp3) is 0.333. The first kappa shape index (κ1) is 16.6. The molecule has 0 bridgehead atoms. The lowest BCUT2D eigenvalue weighted by molar-refractivity contribution is -0.149. The molecule has 1 fully saturated rings. The van der Waals surface area contributed by atoms with Crippen LogP contribution in [0.5, 0.6) is 11.5 Å². The summed E-state index contributed by atoms with van der Waals surface area (Å²) in [5, 5.41) is 2.54. The molecule has 10 heteroatoms. The summed E-state index contributed by atoms with van der Waals surface area (Å²) in [6, 6.07) is 4.27. The van der Waals surface area contributed by atoms with Crippen LogP contribution in [-0.4, -0.2) is 67.2 Å². The maximum Gasteiger partial charge on any atom is 0.327 e. The predicted molar refractivity (Wildman–Crippen MR) is 81.9 cm³/mol. The smallest absolute Gasteiger partial charge is 0.327 e. The van der Waals surface area contributed by atoms with Crippen LogP contribution in [-0.2, 0) is 19.1 Å². The summed E-state index contributed by atoms with van der Waals surface area (Å²) >= 11 is 0. The number of nitrogens with zero attached hydrogens (tertiary/aromatic N) is 2. The topological polar surface area (TPSA) is 114 Å². The van der Waals surface area contributed by atoms with Gasteiger partial charge in [-0.3, -0.25) is 19.3 Å². The normalized spacial score (nSPS) is 15.6. The van der Waals surface area contributed by atoms with Gasteiger partial charge in [0, 0.05) is 18.8 Å². The second kappa shape index (κ2) is 6.67. The van der Waals surface area contributed by atoms with Crippen molar-refractivity contribution in [1.29, 1.82) is 0 Å². The highest BCUT2D eigenvalue weighted by atomic mass is 16.7. The first-order valence-corrected chi connectivity index (χ1v) is 7.34. The average Bonchev–Trinajstić information content (AvgIpc) is 3.12. The number of hydrogen-bond donors (Lipinski definition) is 1. The number of fused-ring (bicyclic) bond motifs is 1. The Morgan fingerprint density at radius 1 is 1.24 bits per heavy atom. The zero-order valence-electron chi connectivity index (χ0n) is 13.3. The number of hydrogen-bond acceptors (Lipinski definition) is 7. The Morgan fingerprint density at radius 3 is 2.72 bits per heavy atom. The van der Waals surface area contributed by atoms with Gasteiger partial charge in [-0.15, -0.1) is 0 Å². The quantitative estimate of drug-likeness (QED) is 0.578. The van der Waals surface area contributed by atoms with Crippen LogP contribution in [0.15, 0.2) is 18.2 Å². The number of likely N-dealkylation sites (N-methyl/N-ethyl adjacent to an activating group) is 1. The van der Waals surface area contributed by atoms with E-state index in [2.05, 4.69) is 5.32 Å². The highest BCUT2D eigenvalue weighted by Crippen LogP contribution is 2.34. The molecule has 0 radical (unpaired) electrons. The van der Waals surface area contributed by atoms with E-state index in [4.69, 9.17) is 14.2 Å². The van der Waals surface area contributed by atoms with E-state index in [0.717, 1.165) is 4.90 Å². The third-order valence-electron chi connectivity index (χ3n) is 3.54. The van der Waals surface area contributed by atoms with Crippen molar-refractivity contribution in [3.05, 3.63) is 18.2 Å². The summed E-state index contributed by atoms with van der Waals surface area (Å²) in [7, 11) is 1.45. The van der Waals surface area contributed by atoms with Crippen molar-refractivity contribution in [2.45, 2.75) is 0 Å². The van der Waals surface area contributed by atoms with E-state index in [-0.39, 0.29) is 13.3 Å². The average molecular weight is 349 g/mol. The molecule has 0 saturated carbocycles. The lowest BCUT2D eigenvalue weighted by Gasteiger charge is -2.13. The Labute approximate surface area is 142 Å². The van der Waals surface area contributed by atoms with Gasteiger partial charge >= 0.3 is 12.0 Å². The molecule has 1 saturated heterocycles. The molecule has 1 aromatic carbocycles. The number of imide groups is 1. The number of anilines is 1. The van der Waals surface area contributed by atoms with Crippen LogP contribution in [0, 0.1) is 0 Å². The standard InChI is InChI=1S/C15H15N3O7/c1-17-5-13(20)18(15(17)22)6-14(21)23-7-12(19)16-9-2-3-10-11(4-9)25-8-24-10/h2-4H,5-8H2,1H3,(H,16,19). The minimum Gasteiger partial charge on any atom is -0.454 e. The molecule has 0 spiro atoms. The van der Waals surface area contributed by atoms with E-state index >= 15 is 0 Å². The lowest BCUT2D eigenvalue weighted by Crippen LogP contribution is -2.37. The highest BCUT2D eigenvalue weighted by Gasteiger charge is 2.35. The van der Waals surface area contributed by atoms with Gasteiger partial charge in [0.15, 0.2) is 18.1 Å². The number of ether oxygens (including phenoxy) is 3. The number of carbonyl (C=O) groups is 4. The van der Waals surface area contributed by atoms with E-state index in [1.807, 2.05) is 0 Å². The maximum absolute atomic E-state index is 11.8. The Morgan fingerprint density at radius 2 is 2.00 bits per heavy atom. The van der Waals surface area contributed by atoms with Crippen molar-refractivity contribution in [2.24, 2.45) is 0 Å². The molecule has 2 aliphatic rings. The van der Waals surface area contributed by atoms with E-state index in [1.165, 1.54) is 11.9 Å². The number of nitrogens with one attached hydrogen (secondary N) is 1. The van der Waals surface area contributed by atoms with Crippen LogP contribution in [0.3, 0.4) is 0 Å². The molecular formula is C15H15N3O7. The molecule has 0 aliphatic carbocycles. The predicted octanol–water partition coefficient (Wildman–Crippen LogP) is -0.209. The van der Waals surface area contributed by atoms with Gasteiger partial charge in [0.05, 0.1) is 0 Å². The highest BCUT2D eigenvalue weighted by molar-refractivity contribution is 6.04. The largest absolute Gasteiger partial charge is 0.454 e. The Balaban J connectivity index is 1.46. The van der Waals surface area contributed by atoms with Gasteiger partial charge in [0.1, 0.15) is 13.1 Å². The Kier molecular flexibility index (Phi) is 4.42. The second-order valence-corrected chi connectivity index (χ2v) is 5.40. The molecule has 0 atom stereocenters. The molecule has 0 unspecified atom stereocenters. The minimum absolute atomic E-state index is 0.0866. The van der Waals surface area contributed by atoms with Crippen LogP contribution in [0.25, 0.3) is 0 Å². The molecule has 10 nitrogen and oxygen atoms in total. The van der Waals surface area contributed by atoms with Crippen molar-refractivity contribution in [3.8, 4) is 11.5 Å². The van der Waals surface area contributed by atoms with E-state index in [9.17, 15) is 19.2 Å². The fourth-order valence-corrected chi connectivity index (χ4v) is 2.32. The number of amides is 4. The van der Waals surface area contributed by atoms with Crippen molar-refractivity contribution < 1.29 is 33.4 Å². The number of carbonyl (C=O) groups excluding carboxylic acids is 4. The Bertz CT molecular complexity index is 749. The summed E-state index contributed by atoms with van der Waals surface area (Å²) in [6.45, 7) is -1.04. The number of esters is 1. The van der Waals surface area contributed by atoms with Gasteiger partial charge in [0.2, 0.25) is 6.79 Å². The number of rotatable bonds is 5. The SMILES string of the molecule is CN1CC(=O)N(CC(=O)OCC(=O)Nc2ccc3c(c2)OCO3)C1=O. The minimum atomic E-state index is -0.849. The molecule has 1 aromatic rings. The molecular weight excluding hydrogens is 334 g/mol. The van der Waals surface area contributed by atoms with E-state index in [0.29, 0.717) is 17.2 Å². The molecule has 1 N–H and O–H groups in total. The van der Waals surface area contributed by atoms with Crippen LogP contribution >= 0.6 is 0 Å². The maximum atomic E-state index is 11.8. The summed E-state index contributed by atoms with van der Waals surface area (Å²) < 4.78 is 15.1. The molecule has 25 heavy (non-hydrogen) atoms. The summed E-state index contributed by atoms with van der Waals surface area (Å²) in [4.78, 5) is 48.7. The first-order chi connectivity index (χ1) is 11.9. The summed E-state index contributed by atoms with van der Waals surface area (Å²) in [5.74, 6) is -0.824. The molecule has 0 aromatic heterocycles. The third kappa shape index (κ3) is 3.62. The molecule has 4 amide bonds. The van der Waals surface area contributed by atoms with Crippen LogP contribution in [0.1, 0.15) is 0 Å². The van der Waals surface area contributed by atoms with Gasteiger partial charge in [-0.1, -0.05) is 0 Å². The number of urea groups is 1. The van der Waals surface area contributed by atoms with Gasteiger partial charge in [-0.2, -0.15) is 0 Å². The lowest BCUT2D eigenvalue weighted by atomic mass is 10.3. The summed E-state index contributed by atoms with van der Waals surface area (Å²) in [5.41, 5.74) is 0.455. The molecule has 3 rings (SSSR count). The summed E-state index contributed by atoms with van der Waals surface area (Å²) in [6.07, 6.45) is 0.